The molecule has 0 fully saturated rings. The van der Waals surface area contributed by atoms with Gasteiger partial charge in [-0.3, -0.25) is 4.79 Å². The number of carbonyl (C=O) groups is 1. The van der Waals surface area contributed by atoms with Crippen molar-refractivity contribution in [2.45, 2.75) is 33.2 Å². The van der Waals surface area contributed by atoms with E-state index in [1.165, 1.54) is 0 Å². The third-order valence-electron chi connectivity index (χ3n) is 4.56. The minimum Gasteiger partial charge on any atom is -0.424 e. The van der Waals surface area contributed by atoms with Gasteiger partial charge in [0.15, 0.2) is 11.9 Å². The standard InChI is InChI=1S/C18H20N4O2/c1-3-19-18-20-13-9-12(4-5-15(13)24-18)17-14(10-23)22-7-6-11(2)8-16(22)21-17/h4-5,9-11H,3,6-8H2,1-2H3,(H,19,20). The highest BCUT2D eigenvalue weighted by Gasteiger charge is 2.23. The van der Waals surface area contributed by atoms with Crippen molar-refractivity contribution >= 4 is 23.4 Å². The Morgan fingerprint density at radius 1 is 1.42 bits per heavy atom. The molecule has 0 spiro atoms. The number of anilines is 1. The second-order valence-electron chi connectivity index (χ2n) is 6.36. The number of benzene rings is 1. The fraction of sp³-hybridized carbons (Fsp3) is 0.389. The van der Waals surface area contributed by atoms with Gasteiger partial charge in [-0.05, 0) is 37.5 Å². The van der Waals surface area contributed by atoms with Gasteiger partial charge in [-0.2, -0.15) is 4.98 Å². The highest BCUT2D eigenvalue weighted by atomic mass is 16.4. The lowest BCUT2D eigenvalue weighted by Crippen LogP contribution is -2.18. The van der Waals surface area contributed by atoms with Crippen molar-refractivity contribution in [2.75, 3.05) is 11.9 Å². The van der Waals surface area contributed by atoms with E-state index < -0.39 is 0 Å². The lowest BCUT2D eigenvalue weighted by molar-refractivity contribution is 0.111. The number of fused-ring (bicyclic) bond motifs is 2. The van der Waals surface area contributed by atoms with Crippen molar-refractivity contribution in [2.24, 2.45) is 5.92 Å². The molecule has 4 rings (SSSR count). The molecule has 2 aromatic heterocycles. The van der Waals surface area contributed by atoms with Crippen LogP contribution in [0.5, 0.6) is 0 Å². The van der Waals surface area contributed by atoms with E-state index in [4.69, 9.17) is 9.40 Å². The molecule has 1 N–H and O–H groups in total. The lowest BCUT2D eigenvalue weighted by Gasteiger charge is -2.20. The van der Waals surface area contributed by atoms with Crippen LogP contribution in [0, 0.1) is 5.92 Å². The molecule has 3 aromatic rings. The molecule has 3 heterocycles. The molecule has 6 nitrogen and oxygen atoms in total. The first-order valence-electron chi connectivity index (χ1n) is 8.39. The molecule has 0 saturated heterocycles. The number of aromatic nitrogens is 3. The molecular weight excluding hydrogens is 304 g/mol. The molecule has 0 amide bonds. The molecule has 6 heteroatoms. The van der Waals surface area contributed by atoms with E-state index in [-0.39, 0.29) is 0 Å². The summed E-state index contributed by atoms with van der Waals surface area (Å²) in [5.41, 5.74) is 3.78. The van der Waals surface area contributed by atoms with Crippen molar-refractivity contribution in [3.8, 4) is 11.3 Å². The van der Waals surface area contributed by atoms with E-state index in [9.17, 15) is 4.79 Å². The van der Waals surface area contributed by atoms with Gasteiger partial charge in [0.25, 0.3) is 6.01 Å². The molecule has 24 heavy (non-hydrogen) atoms. The summed E-state index contributed by atoms with van der Waals surface area (Å²) in [5, 5.41) is 3.07. The number of imidazole rings is 1. The van der Waals surface area contributed by atoms with E-state index in [0.717, 1.165) is 60.4 Å². The Morgan fingerprint density at radius 3 is 3.08 bits per heavy atom. The Morgan fingerprint density at radius 2 is 2.29 bits per heavy atom. The molecule has 0 saturated carbocycles. The number of hydrogen-bond acceptors (Lipinski definition) is 5. The quantitative estimate of drug-likeness (QED) is 0.743. The molecule has 0 radical (unpaired) electrons. The molecule has 1 atom stereocenters. The molecule has 1 aromatic carbocycles. The molecule has 1 aliphatic heterocycles. The Labute approximate surface area is 139 Å². The number of carbonyl (C=O) groups excluding carboxylic acids is 1. The Bertz CT molecular complexity index is 909. The van der Waals surface area contributed by atoms with Crippen LogP contribution < -0.4 is 5.32 Å². The van der Waals surface area contributed by atoms with Crippen molar-refractivity contribution in [1.29, 1.82) is 0 Å². The first-order chi connectivity index (χ1) is 11.7. The topological polar surface area (TPSA) is 73.0 Å². The number of nitrogens with zero attached hydrogens (tertiary/aromatic N) is 3. The number of rotatable bonds is 4. The summed E-state index contributed by atoms with van der Waals surface area (Å²) in [6.45, 7) is 5.82. The Kier molecular flexibility index (Phi) is 3.59. The van der Waals surface area contributed by atoms with E-state index in [2.05, 4.69) is 21.8 Å². The largest absolute Gasteiger partial charge is 0.424 e. The average molecular weight is 324 g/mol. The Balaban J connectivity index is 1.80. The van der Waals surface area contributed by atoms with Crippen LogP contribution in [0.3, 0.4) is 0 Å². The van der Waals surface area contributed by atoms with E-state index in [1.807, 2.05) is 25.1 Å². The second kappa shape index (κ2) is 5.78. The first kappa shape index (κ1) is 14.9. The van der Waals surface area contributed by atoms with Gasteiger partial charge >= 0.3 is 0 Å². The highest BCUT2D eigenvalue weighted by molar-refractivity contribution is 5.88. The number of hydrogen-bond donors (Lipinski definition) is 1. The zero-order valence-electron chi connectivity index (χ0n) is 13.9. The maximum atomic E-state index is 11.7. The average Bonchev–Trinajstić information content (AvgIpc) is 3.13. The van der Waals surface area contributed by atoms with E-state index in [0.29, 0.717) is 17.6 Å². The van der Waals surface area contributed by atoms with Crippen LogP contribution in [0.15, 0.2) is 22.6 Å². The molecule has 1 unspecified atom stereocenters. The summed E-state index contributed by atoms with van der Waals surface area (Å²) in [6.07, 6.45) is 2.91. The van der Waals surface area contributed by atoms with Gasteiger partial charge in [-0.25, -0.2) is 4.98 Å². The van der Waals surface area contributed by atoms with Gasteiger partial charge in [0.05, 0.1) is 5.69 Å². The molecular formula is C18H20N4O2. The predicted molar refractivity (Wildman–Crippen MR) is 92.3 cm³/mol. The zero-order valence-corrected chi connectivity index (χ0v) is 13.9. The summed E-state index contributed by atoms with van der Waals surface area (Å²) in [4.78, 5) is 20.9. The summed E-state index contributed by atoms with van der Waals surface area (Å²) >= 11 is 0. The second-order valence-corrected chi connectivity index (χ2v) is 6.36. The van der Waals surface area contributed by atoms with Gasteiger partial charge < -0.3 is 14.3 Å². The van der Waals surface area contributed by atoms with Crippen molar-refractivity contribution < 1.29 is 9.21 Å². The molecule has 0 bridgehead atoms. The maximum absolute atomic E-state index is 11.7. The van der Waals surface area contributed by atoms with Crippen LogP contribution in [0.1, 0.15) is 36.6 Å². The van der Waals surface area contributed by atoms with Crippen molar-refractivity contribution in [3.05, 3.63) is 29.7 Å². The van der Waals surface area contributed by atoms with Crippen molar-refractivity contribution in [1.82, 2.24) is 14.5 Å². The van der Waals surface area contributed by atoms with Crippen LogP contribution in [0.2, 0.25) is 0 Å². The number of aldehydes is 1. The van der Waals surface area contributed by atoms with Crippen LogP contribution in [0.25, 0.3) is 22.4 Å². The number of oxazole rings is 1. The SMILES string of the molecule is CCNc1nc2cc(-c3nc4n(c3C=O)CCC(C)C4)ccc2o1. The zero-order chi connectivity index (χ0) is 16.7. The van der Waals surface area contributed by atoms with Gasteiger partial charge in [0.1, 0.15) is 17.0 Å². The summed E-state index contributed by atoms with van der Waals surface area (Å²) in [6, 6.07) is 6.27. The molecule has 1 aliphatic rings. The minimum atomic E-state index is 0.512. The van der Waals surface area contributed by atoms with Crippen molar-refractivity contribution in [3.63, 3.8) is 0 Å². The summed E-state index contributed by atoms with van der Waals surface area (Å²) < 4.78 is 7.69. The summed E-state index contributed by atoms with van der Waals surface area (Å²) in [7, 11) is 0. The van der Waals surface area contributed by atoms with E-state index in [1.54, 1.807) is 0 Å². The number of nitrogens with one attached hydrogen (secondary N) is 1. The first-order valence-corrected chi connectivity index (χ1v) is 8.39. The van der Waals surface area contributed by atoms with E-state index >= 15 is 0 Å². The van der Waals surface area contributed by atoms with Crippen LogP contribution in [-0.4, -0.2) is 27.4 Å². The maximum Gasteiger partial charge on any atom is 0.295 e. The third kappa shape index (κ3) is 2.38. The van der Waals surface area contributed by atoms with Gasteiger partial charge in [0, 0.05) is 25.1 Å². The molecule has 0 aliphatic carbocycles. The highest BCUT2D eigenvalue weighted by Crippen LogP contribution is 2.31. The fourth-order valence-electron chi connectivity index (χ4n) is 3.32. The van der Waals surface area contributed by atoms with Gasteiger partial charge in [-0.1, -0.05) is 6.92 Å². The van der Waals surface area contributed by atoms with Gasteiger partial charge in [-0.15, -0.1) is 0 Å². The minimum absolute atomic E-state index is 0.512. The predicted octanol–water partition coefficient (Wildman–Crippen LogP) is 3.52. The van der Waals surface area contributed by atoms with Gasteiger partial charge in [0.2, 0.25) is 0 Å². The monoisotopic (exact) mass is 324 g/mol. The normalized spacial score (nSPS) is 17.0. The summed E-state index contributed by atoms with van der Waals surface area (Å²) in [5.74, 6) is 1.60. The lowest BCUT2D eigenvalue weighted by atomic mass is 10.0. The molecule has 124 valence electrons. The van der Waals surface area contributed by atoms with Crippen LogP contribution >= 0.6 is 0 Å². The smallest absolute Gasteiger partial charge is 0.295 e. The van der Waals surface area contributed by atoms with Crippen LogP contribution in [0.4, 0.5) is 6.01 Å². The Hall–Kier alpha value is -2.63. The fourth-order valence-corrected chi connectivity index (χ4v) is 3.32. The third-order valence-corrected chi connectivity index (χ3v) is 4.56. The van der Waals surface area contributed by atoms with Crippen LogP contribution in [-0.2, 0) is 13.0 Å².